The summed E-state index contributed by atoms with van der Waals surface area (Å²) in [5, 5.41) is 0.0200. The molecule has 4 rings (SSSR count). The van der Waals surface area contributed by atoms with Gasteiger partial charge in [0.1, 0.15) is 0 Å². The van der Waals surface area contributed by atoms with Crippen LogP contribution in [0.1, 0.15) is 49.8 Å². The molecule has 1 aliphatic carbocycles. The van der Waals surface area contributed by atoms with E-state index in [2.05, 4.69) is 11.6 Å². The van der Waals surface area contributed by atoms with Gasteiger partial charge in [-0.15, -0.1) is 6.58 Å². The lowest BCUT2D eigenvalue weighted by Gasteiger charge is -2.28. The van der Waals surface area contributed by atoms with Gasteiger partial charge >= 0.3 is 0 Å². The molecule has 1 aromatic heterocycles. The second-order valence-corrected chi connectivity index (χ2v) is 10.9. The first-order valence-electron chi connectivity index (χ1n) is 11.8. The summed E-state index contributed by atoms with van der Waals surface area (Å²) in [5.74, 6) is 0.0636. The van der Waals surface area contributed by atoms with Gasteiger partial charge in [-0.3, -0.25) is 4.79 Å². The molecule has 1 saturated carbocycles. The average Bonchev–Trinajstić information content (AvgIpc) is 3.57. The molecule has 2 aliphatic rings. The van der Waals surface area contributed by atoms with Gasteiger partial charge in [-0.05, 0) is 31.2 Å². The van der Waals surface area contributed by atoms with Crippen LogP contribution in [0.15, 0.2) is 54.3 Å². The van der Waals surface area contributed by atoms with Crippen molar-refractivity contribution in [3.05, 3.63) is 60.4 Å². The molecule has 7 nitrogen and oxygen atoms in total. The highest BCUT2D eigenvalue weighted by atomic mass is 32.2. The number of allylic oxidation sites excluding steroid dienone is 1. The molecule has 33 heavy (non-hydrogen) atoms. The molecule has 2 heterocycles. The SMILES string of the molecule is C=CCn1c(CN(C[C@H]2CCCO2)C(=O)C2CCCC2)cnc1S(=O)(=O)Cc1ccccc1. The molecule has 8 heteroatoms. The van der Waals surface area contributed by atoms with Crippen molar-refractivity contribution in [3.63, 3.8) is 0 Å². The van der Waals surface area contributed by atoms with Crippen molar-refractivity contribution in [2.75, 3.05) is 13.2 Å². The van der Waals surface area contributed by atoms with Gasteiger partial charge in [0.15, 0.2) is 0 Å². The van der Waals surface area contributed by atoms with Gasteiger partial charge in [0.05, 0.1) is 30.3 Å². The molecule has 1 amide bonds. The Labute approximate surface area is 196 Å². The molecule has 2 fully saturated rings. The molecule has 1 aliphatic heterocycles. The molecule has 2 aromatic rings. The van der Waals surface area contributed by atoms with Gasteiger partial charge in [0.2, 0.25) is 20.9 Å². The summed E-state index contributed by atoms with van der Waals surface area (Å²) in [6.07, 6.45) is 9.24. The monoisotopic (exact) mass is 471 g/mol. The molecule has 178 valence electrons. The summed E-state index contributed by atoms with van der Waals surface area (Å²) in [4.78, 5) is 19.5. The Morgan fingerprint density at radius 2 is 1.94 bits per heavy atom. The minimum absolute atomic E-state index is 0.0200. The van der Waals surface area contributed by atoms with E-state index in [9.17, 15) is 13.2 Å². The number of hydrogen-bond acceptors (Lipinski definition) is 5. The van der Waals surface area contributed by atoms with Crippen LogP contribution in [0.25, 0.3) is 0 Å². The molecule has 0 unspecified atom stereocenters. The summed E-state index contributed by atoms with van der Waals surface area (Å²) in [6, 6.07) is 9.09. The number of nitrogens with zero attached hydrogens (tertiary/aromatic N) is 3. The number of hydrogen-bond donors (Lipinski definition) is 0. The molecular formula is C25H33N3O4S. The van der Waals surface area contributed by atoms with E-state index >= 15 is 0 Å². The van der Waals surface area contributed by atoms with Gasteiger partial charge in [-0.1, -0.05) is 49.2 Å². The topological polar surface area (TPSA) is 81.5 Å². The molecule has 0 spiro atoms. The third kappa shape index (κ3) is 5.73. The van der Waals surface area contributed by atoms with Gasteiger partial charge < -0.3 is 14.2 Å². The number of ether oxygens (including phenoxy) is 1. The summed E-state index contributed by atoms with van der Waals surface area (Å²) in [7, 11) is -3.66. The maximum atomic E-state index is 13.4. The van der Waals surface area contributed by atoms with E-state index < -0.39 is 9.84 Å². The smallest absolute Gasteiger partial charge is 0.228 e. The number of carbonyl (C=O) groups excluding carboxylic acids is 1. The lowest BCUT2D eigenvalue weighted by Crippen LogP contribution is -2.40. The second kappa shape index (κ2) is 10.7. The van der Waals surface area contributed by atoms with Crippen LogP contribution in [0.2, 0.25) is 0 Å². The highest BCUT2D eigenvalue weighted by Crippen LogP contribution is 2.28. The minimum Gasteiger partial charge on any atom is -0.376 e. The average molecular weight is 472 g/mol. The zero-order valence-corrected chi connectivity index (χ0v) is 19.9. The summed E-state index contributed by atoms with van der Waals surface area (Å²) in [6.45, 7) is 5.68. The second-order valence-electron chi connectivity index (χ2n) is 9.01. The highest BCUT2D eigenvalue weighted by Gasteiger charge is 2.31. The van der Waals surface area contributed by atoms with Crippen LogP contribution in [0.4, 0.5) is 0 Å². The fourth-order valence-electron chi connectivity index (χ4n) is 4.84. The van der Waals surface area contributed by atoms with E-state index in [1.807, 2.05) is 23.1 Å². The van der Waals surface area contributed by atoms with E-state index in [1.54, 1.807) is 29.0 Å². The lowest BCUT2D eigenvalue weighted by molar-refractivity contribution is -0.137. The highest BCUT2D eigenvalue weighted by molar-refractivity contribution is 7.90. The maximum Gasteiger partial charge on any atom is 0.228 e. The number of carbonyl (C=O) groups is 1. The Kier molecular flexibility index (Phi) is 7.65. The normalized spacial score (nSPS) is 19.1. The van der Waals surface area contributed by atoms with Crippen LogP contribution in [-0.2, 0) is 38.2 Å². The number of rotatable bonds is 10. The van der Waals surface area contributed by atoms with Crippen molar-refractivity contribution < 1.29 is 17.9 Å². The quantitative estimate of drug-likeness (QED) is 0.493. The number of benzene rings is 1. The van der Waals surface area contributed by atoms with Crippen molar-refractivity contribution in [2.24, 2.45) is 5.92 Å². The van der Waals surface area contributed by atoms with Crippen molar-refractivity contribution in [2.45, 2.75) is 68.6 Å². The Balaban J connectivity index is 1.59. The summed E-state index contributed by atoms with van der Waals surface area (Å²) >= 11 is 0. The molecular weight excluding hydrogens is 438 g/mol. The van der Waals surface area contributed by atoms with E-state index in [4.69, 9.17) is 4.74 Å². The van der Waals surface area contributed by atoms with Crippen molar-refractivity contribution in [1.29, 1.82) is 0 Å². The third-order valence-electron chi connectivity index (χ3n) is 6.51. The number of sulfone groups is 1. The maximum absolute atomic E-state index is 13.4. The molecule has 1 atom stereocenters. The Morgan fingerprint density at radius 1 is 1.18 bits per heavy atom. The van der Waals surface area contributed by atoms with Crippen LogP contribution in [-0.4, -0.2) is 48.0 Å². The fraction of sp³-hybridized carbons (Fsp3) is 0.520. The third-order valence-corrected chi connectivity index (χ3v) is 8.10. The van der Waals surface area contributed by atoms with E-state index in [-0.39, 0.29) is 28.8 Å². The molecule has 0 radical (unpaired) electrons. The Hall–Kier alpha value is -2.45. The van der Waals surface area contributed by atoms with Crippen LogP contribution in [0, 0.1) is 5.92 Å². The fourth-order valence-corrected chi connectivity index (χ4v) is 6.34. The Morgan fingerprint density at radius 3 is 2.61 bits per heavy atom. The predicted octanol–water partition coefficient (Wildman–Crippen LogP) is 3.74. The van der Waals surface area contributed by atoms with Gasteiger partial charge in [0.25, 0.3) is 0 Å². The van der Waals surface area contributed by atoms with E-state index in [1.165, 1.54) is 0 Å². The van der Waals surface area contributed by atoms with Gasteiger partial charge in [-0.2, -0.15) is 0 Å². The Bertz CT molecular complexity index is 1050. The van der Waals surface area contributed by atoms with Gasteiger partial charge in [0, 0.05) is 25.6 Å². The predicted molar refractivity (Wildman–Crippen MR) is 126 cm³/mol. The van der Waals surface area contributed by atoms with E-state index in [0.29, 0.717) is 30.9 Å². The number of amides is 1. The number of imidazole rings is 1. The molecule has 1 aromatic carbocycles. The van der Waals surface area contributed by atoms with Crippen molar-refractivity contribution in [1.82, 2.24) is 14.5 Å². The first-order chi connectivity index (χ1) is 16.0. The summed E-state index contributed by atoms with van der Waals surface area (Å²) < 4.78 is 33.9. The zero-order valence-electron chi connectivity index (χ0n) is 19.1. The first-order valence-corrected chi connectivity index (χ1v) is 13.5. The van der Waals surface area contributed by atoms with Crippen LogP contribution >= 0.6 is 0 Å². The van der Waals surface area contributed by atoms with E-state index in [0.717, 1.165) is 45.1 Å². The van der Waals surface area contributed by atoms with Crippen LogP contribution in [0.5, 0.6) is 0 Å². The first kappa shape index (κ1) is 23.7. The zero-order chi connectivity index (χ0) is 23.3. The van der Waals surface area contributed by atoms with Crippen molar-refractivity contribution in [3.8, 4) is 0 Å². The number of aromatic nitrogens is 2. The standard InChI is InChI=1S/C25H33N3O4S/c1-2-14-28-22(16-26-25(28)33(30,31)19-20-9-4-3-5-10-20)17-27(18-23-13-8-15-32-23)24(29)21-11-6-7-12-21/h2-5,9-10,16,21,23H,1,6-8,11-15,17-19H2/t23-/m1/s1. The summed E-state index contributed by atoms with van der Waals surface area (Å²) in [5.41, 5.74) is 1.41. The van der Waals surface area contributed by atoms with Crippen LogP contribution in [0.3, 0.4) is 0 Å². The van der Waals surface area contributed by atoms with Gasteiger partial charge in [-0.25, -0.2) is 13.4 Å². The largest absolute Gasteiger partial charge is 0.376 e. The van der Waals surface area contributed by atoms with Crippen LogP contribution < -0.4 is 0 Å². The van der Waals surface area contributed by atoms with Crippen molar-refractivity contribution >= 4 is 15.7 Å². The molecule has 1 saturated heterocycles. The molecule has 0 N–H and O–H groups in total. The minimum atomic E-state index is -3.66. The molecule has 0 bridgehead atoms. The lowest BCUT2D eigenvalue weighted by atomic mass is 10.1.